The van der Waals surface area contributed by atoms with Crippen molar-refractivity contribution >= 4 is 5.78 Å². The maximum absolute atomic E-state index is 11.0. The molecule has 1 fully saturated rings. The average molecular weight is 215 g/mol. The third kappa shape index (κ3) is 5.90. The van der Waals surface area contributed by atoms with E-state index in [9.17, 15) is 4.79 Å². The molecule has 90 valence electrons. The Morgan fingerprint density at radius 1 is 1.33 bits per heavy atom. The van der Waals surface area contributed by atoms with Gasteiger partial charge in [-0.2, -0.15) is 0 Å². The summed E-state index contributed by atoms with van der Waals surface area (Å²) in [6, 6.07) is 0.591. The minimum atomic E-state index is 0.427. The Labute approximate surface area is 93.8 Å². The molecule has 0 atom stereocenters. The van der Waals surface area contributed by atoms with Crippen LogP contribution in [0.5, 0.6) is 0 Å². The molecule has 1 rings (SSSR count). The van der Waals surface area contributed by atoms with Crippen LogP contribution in [0.25, 0.3) is 0 Å². The molecule has 0 saturated heterocycles. The largest absolute Gasteiger partial charge is 0.383 e. The molecule has 1 saturated carbocycles. The lowest BCUT2D eigenvalue weighted by Gasteiger charge is -2.30. The third-order valence-electron chi connectivity index (χ3n) is 2.78. The zero-order chi connectivity index (χ0) is 11.7. The van der Waals surface area contributed by atoms with Gasteiger partial charge in [-0.1, -0.05) is 13.8 Å². The fraction of sp³-hybridized carbons (Fsp3) is 0.917. The molecule has 0 heterocycles. The van der Waals surface area contributed by atoms with E-state index in [0.717, 1.165) is 38.8 Å². The molecule has 0 aliphatic heterocycles. The number of Topliss-reactive ketones (excluding diaryl/α,β-unsaturated/α-hetero) is 1. The van der Waals surface area contributed by atoms with E-state index in [1.165, 1.54) is 0 Å². The van der Waals surface area contributed by atoms with Crippen LogP contribution in [0.2, 0.25) is 0 Å². The van der Waals surface area contributed by atoms with Crippen LogP contribution in [0, 0.1) is 0 Å². The summed E-state index contributed by atoms with van der Waals surface area (Å²) in [6.45, 7) is 5.75. The van der Waals surface area contributed by atoms with Crippen molar-refractivity contribution in [2.24, 2.45) is 0 Å². The lowest BCUT2D eigenvalue weighted by molar-refractivity contribution is -0.121. The second kappa shape index (κ2) is 8.86. The molecule has 0 aromatic rings. The van der Waals surface area contributed by atoms with Crippen LogP contribution in [0.3, 0.4) is 0 Å². The second-order valence-corrected chi connectivity index (χ2v) is 3.74. The van der Waals surface area contributed by atoms with E-state index in [4.69, 9.17) is 4.74 Å². The molecule has 0 amide bonds. The summed E-state index contributed by atoms with van der Waals surface area (Å²) in [6.07, 6.45) is 3.59. The van der Waals surface area contributed by atoms with Gasteiger partial charge in [0.1, 0.15) is 5.78 Å². The normalized spacial score (nSPS) is 17.5. The molecule has 0 aromatic carbocycles. The highest BCUT2D eigenvalue weighted by Gasteiger charge is 2.21. The van der Waals surface area contributed by atoms with E-state index in [-0.39, 0.29) is 0 Å². The van der Waals surface area contributed by atoms with Crippen molar-refractivity contribution in [1.29, 1.82) is 0 Å². The summed E-state index contributed by atoms with van der Waals surface area (Å²) in [7, 11) is 3.83. The fourth-order valence-electron chi connectivity index (χ4n) is 1.78. The number of carbonyl (C=O) groups excluding carboxylic acids is 1. The molecule has 0 spiro atoms. The van der Waals surface area contributed by atoms with Crippen LogP contribution in [-0.4, -0.2) is 44.0 Å². The van der Waals surface area contributed by atoms with Crippen molar-refractivity contribution in [2.45, 2.75) is 45.6 Å². The van der Waals surface area contributed by atoms with Crippen molar-refractivity contribution in [3.63, 3.8) is 0 Å². The number of hydrogen-bond acceptors (Lipinski definition) is 3. The van der Waals surface area contributed by atoms with Gasteiger partial charge in [0.2, 0.25) is 0 Å². The van der Waals surface area contributed by atoms with Gasteiger partial charge in [-0.3, -0.25) is 4.79 Å². The highest BCUT2D eigenvalue weighted by molar-refractivity contribution is 5.79. The Bertz CT molecular complexity index is 161. The predicted molar refractivity (Wildman–Crippen MR) is 63.1 cm³/mol. The van der Waals surface area contributed by atoms with Crippen LogP contribution < -0.4 is 0 Å². The average Bonchev–Trinajstić information content (AvgIpc) is 2.29. The van der Waals surface area contributed by atoms with Gasteiger partial charge in [0.25, 0.3) is 0 Å². The third-order valence-corrected chi connectivity index (χ3v) is 2.78. The Kier molecular flexibility index (Phi) is 8.62. The van der Waals surface area contributed by atoms with Crippen molar-refractivity contribution < 1.29 is 9.53 Å². The first-order valence-corrected chi connectivity index (χ1v) is 5.95. The molecule has 15 heavy (non-hydrogen) atoms. The van der Waals surface area contributed by atoms with E-state index in [1.807, 2.05) is 13.8 Å². The summed E-state index contributed by atoms with van der Waals surface area (Å²) in [5.74, 6) is 0.427. The van der Waals surface area contributed by atoms with Gasteiger partial charge in [-0.05, 0) is 19.9 Å². The van der Waals surface area contributed by atoms with E-state index in [1.54, 1.807) is 7.11 Å². The number of nitrogens with zero attached hydrogens (tertiary/aromatic N) is 1. The van der Waals surface area contributed by atoms with Crippen LogP contribution >= 0.6 is 0 Å². The van der Waals surface area contributed by atoms with Gasteiger partial charge in [0, 0.05) is 32.5 Å². The first-order chi connectivity index (χ1) is 7.24. The number of rotatable bonds is 4. The molecule has 0 bridgehead atoms. The van der Waals surface area contributed by atoms with Crippen LogP contribution in [0.4, 0.5) is 0 Å². The van der Waals surface area contributed by atoms with Crippen molar-refractivity contribution in [1.82, 2.24) is 4.90 Å². The monoisotopic (exact) mass is 215 g/mol. The minimum absolute atomic E-state index is 0.427. The Balaban J connectivity index is 0.000000921. The van der Waals surface area contributed by atoms with Gasteiger partial charge in [-0.15, -0.1) is 0 Å². The SMILES string of the molecule is CC.COCCN(C)C1CCC(=O)CC1. The summed E-state index contributed by atoms with van der Waals surface area (Å²) < 4.78 is 5.02. The first kappa shape index (κ1) is 14.6. The Morgan fingerprint density at radius 2 is 1.87 bits per heavy atom. The van der Waals surface area contributed by atoms with Crippen LogP contribution in [-0.2, 0) is 9.53 Å². The molecule has 3 nitrogen and oxygen atoms in total. The number of hydrogen-bond donors (Lipinski definition) is 0. The Morgan fingerprint density at radius 3 is 2.33 bits per heavy atom. The van der Waals surface area contributed by atoms with Crippen molar-refractivity contribution in [2.75, 3.05) is 27.3 Å². The molecular weight excluding hydrogens is 190 g/mol. The smallest absolute Gasteiger partial charge is 0.133 e. The van der Waals surface area contributed by atoms with Crippen LogP contribution in [0.15, 0.2) is 0 Å². The van der Waals surface area contributed by atoms with Gasteiger partial charge >= 0.3 is 0 Å². The number of methoxy groups -OCH3 is 1. The molecule has 0 unspecified atom stereocenters. The quantitative estimate of drug-likeness (QED) is 0.719. The van der Waals surface area contributed by atoms with Gasteiger partial charge in [0.05, 0.1) is 6.61 Å². The summed E-state index contributed by atoms with van der Waals surface area (Å²) >= 11 is 0. The molecule has 3 heteroatoms. The standard InChI is InChI=1S/C10H19NO2.C2H6/c1-11(7-8-13-2)9-3-5-10(12)6-4-9;1-2/h9H,3-8H2,1-2H3;1-2H3. The molecule has 0 radical (unpaired) electrons. The maximum Gasteiger partial charge on any atom is 0.133 e. The highest BCUT2D eigenvalue weighted by atomic mass is 16.5. The fourth-order valence-corrected chi connectivity index (χ4v) is 1.78. The lowest BCUT2D eigenvalue weighted by atomic mass is 9.93. The predicted octanol–water partition coefficient (Wildman–Crippen LogP) is 2.10. The van der Waals surface area contributed by atoms with E-state index in [0.29, 0.717) is 11.8 Å². The molecule has 0 N–H and O–H groups in total. The molecule has 1 aliphatic carbocycles. The Hall–Kier alpha value is -0.410. The maximum atomic E-state index is 11.0. The number of ether oxygens (including phenoxy) is 1. The van der Waals surface area contributed by atoms with Crippen LogP contribution in [0.1, 0.15) is 39.5 Å². The lowest BCUT2D eigenvalue weighted by Crippen LogP contribution is -2.37. The number of carbonyl (C=O) groups is 1. The van der Waals surface area contributed by atoms with E-state index < -0.39 is 0 Å². The zero-order valence-electron chi connectivity index (χ0n) is 10.6. The first-order valence-electron chi connectivity index (χ1n) is 5.95. The molecule has 1 aliphatic rings. The number of ketones is 1. The van der Waals surface area contributed by atoms with Gasteiger partial charge in [-0.25, -0.2) is 0 Å². The number of likely N-dealkylation sites (N-methyl/N-ethyl adjacent to an activating group) is 1. The summed E-state index contributed by atoms with van der Waals surface area (Å²) in [5.41, 5.74) is 0. The molecule has 0 aromatic heterocycles. The van der Waals surface area contributed by atoms with E-state index >= 15 is 0 Å². The van der Waals surface area contributed by atoms with Gasteiger partial charge in [0.15, 0.2) is 0 Å². The summed E-state index contributed by atoms with van der Waals surface area (Å²) in [5, 5.41) is 0. The van der Waals surface area contributed by atoms with Crippen molar-refractivity contribution in [3.05, 3.63) is 0 Å². The molecular formula is C12H25NO2. The minimum Gasteiger partial charge on any atom is -0.383 e. The topological polar surface area (TPSA) is 29.5 Å². The van der Waals surface area contributed by atoms with Crippen molar-refractivity contribution in [3.8, 4) is 0 Å². The second-order valence-electron chi connectivity index (χ2n) is 3.74. The highest BCUT2D eigenvalue weighted by Crippen LogP contribution is 2.18. The summed E-state index contributed by atoms with van der Waals surface area (Å²) in [4.78, 5) is 13.3. The van der Waals surface area contributed by atoms with Gasteiger partial charge < -0.3 is 9.64 Å². The van der Waals surface area contributed by atoms with E-state index in [2.05, 4.69) is 11.9 Å². The zero-order valence-corrected chi connectivity index (χ0v) is 10.6.